The number of amides is 2. The van der Waals surface area contributed by atoms with Crippen molar-refractivity contribution in [2.75, 3.05) is 6.54 Å². The molecule has 2 atom stereocenters. The lowest BCUT2D eigenvalue weighted by Gasteiger charge is -2.43. The number of hydrogen-bond donors (Lipinski definition) is 1. The lowest BCUT2D eigenvalue weighted by molar-refractivity contribution is 0.0123. The highest BCUT2D eigenvalue weighted by Gasteiger charge is 2.52. The first kappa shape index (κ1) is 24.0. The maximum atomic E-state index is 13.4. The maximum Gasteiger partial charge on any atom is 0.410 e. The molecule has 5 rings (SSSR count). The average Bonchev–Trinajstić information content (AvgIpc) is 3.45. The fraction of sp³-hybridized carbons (Fsp3) is 0.429. The Morgan fingerprint density at radius 3 is 2.39 bits per heavy atom. The fourth-order valence-corrected chi connectivity index (χ4v) is 4.94. The van der Waals surface area contributed by atoms with Gasteiger partial charge in [-0.05, 0) is 69.9 Å². The molecular formula is C28H32N4O4. The normalized spacial score (nSPS) is 20.3. The summed E-state index contributed by atoms with van der Waals surface area (Å²) in [4.78, 5) is 31.4. The highest BCUT2D eigenvalue weighted by molar-refractivity contribution is 5.93. The number of hydrogen-bond acceptors (Lipinski definition) is 6. The SMILES string of the molecule is CC(C)(C)OC(=O)N(CC1(c2noc(-c3ccc(C(N)=O)cc3)n2)CCC1)[C@H]1CC1c1ccccc1. The van der Waals surface area contributed by atoms with E-state index in [0.717, 1.165) is 25.7 Å². The summed E-state index contributed by atoms with van der Waals surface area (Å²) >= 11 is 0. The van der Waals surface area contributed by atoms with Crippen LogP contribution >= 0.6 is 0 Å². The first-order chi connectivity index (χ1) is 17.2. The summed E-state index contributed by atoms with van der Waals surface area (Å²) < 4.78 is 11.4. The van der Waals surface area contributed by atoms with Crippen LogP contribution in [0.2, 0.25) is 0 Å². The smallest absolute Gasteiger partial charge is 0.410 e. The lowest BCUT2D eigenvalue weighted by atomic mass is 9.67. The molecule has 0 saturated heterocycles. The largest absolute Gasteiger partial charge is 0.444 e. The van der Waals surface area contributed by atoms with Gasteiger partial charge in [0.2, 0.25) is 5.91 Å². The van der Waals surface area contributed by atoms with Crippen molar-refractivity contribution in [3.63, 3.8) is 0 Å². The second-order valence-corrected chi connectivity index (χ2v) is 10.9. The van der Waals surface area contributed by atoms with E-state index in [0.29, 0.717) is 35.3 Å². The number of carbonyl (C=O) groups is 2. The second kappa shape index (κ2) is 9.08. The Balaban J connectivity index is 1.39. The van der Waals surface area contributed by atoms with Crippen molar-refractivity contribution in [1.29, 1.82) is 0 Å². The molecule has 0 bridgehead atoms. The van der Waals surface area contributed by atoms with Gasteiger partial charge in [0.25, 0.3) is 5.89 Å². The van der Waals surface area contributed by atoms with E-state index in [1.165, 1.54) is 5.56 Å². The molecule has 1 aromatic heterocycles. The molecule has 0 radical (unpaired) electrons. The third-order valence-electron chi connectivity index (χ3n) is 7.11. The number of rotatable bonds is 7. The molecule has 0 aliphatic heterocycles. The lowest BCUT2D eigenvalue weighted by Crippen LogP contribution is -2.50. The Morgan fingerprint density at radius 2 is 1.81 bits per heavy atom. The topological polar surface area (TPSA) is 112 Å². The molecule has 1 unspecified atom stereocenters. The monoisotopic (exact) mass is 488 g/mol. The predicted octanol–water partition coefficient (Wildman–Crippen LogP) is 5.05. The van der Waals surface area contributed by atoms with Crippen LogP contribution < -0.4 is 5.73 Å². The molecule has 0 spiro atoms. The third kappa shape index (κ3) is 4.85. The van der Waals surface area contributed by atoms with E-state index in [9.17, 15) is 9.59 Å². The summed E-state index contributed by atoms with van der Waals surface area (Å²) in [6.07, 6.45) is 3.38. The molecule has 8 heteroatoms. The van der Waals surface area contributed by atoms with Gasteiger partial charge in [-0.1, -0.05) is 41.9 Å². The Hall–Kier alpha value is -3.68. The van der Waals surface area contributed by atoms with Crippen molar-refractivity contribution in [3.8, 4) is 11.5 Å². The van der Waals surface area contributed by atoms with Gasteiger partial charge in [0.1, 0.15) is 5.60 Å². The Kier molecular flexibility index (Phi) is 6.06. The van der Waals surface area contributed by atoms with E-state index in [2.05, 4.69) is 17.3 Å². The van der Waals surface area contributed by atoms with E-state index in [1.807, 2.05) is 43.9 Å². The standard InChI is InChI=1S/C28H32N4O4/c1-27(2,3)35-26(34)32(22-16-21(22)18-8-5-4-6-9-18)17-28(14-7-15-28)25-30-24(36-31-25)20-12-10-19(11-13-20)23(29)33/h4-6,8-13,21-22H,7,14-17H2,1-3H3,(H2,29,33)/t21?,22-/m0/s1. The van der Waals surface area contributed by atoms with Crippen molar-refractivity contribution in [2.24, 2.45) is 5.73 Å². The number of ether oxygens (including phenoxy) is 1. The van der Waals surface area contributed by atoms with Gasteiger partial charge in [-0.25, -0.2) is 4.79 Å². The van der Waals surface area contributed by atoms with Gasteiger partial charge in [-0.3, -0.25) is 4.79 Å². The number of aromatic nitrogens is 2. The van der Waals surface area contributed by atoms with Crippen molar-refractivity contribution in [2.45, 2.75) is 69.4 Å². The van der Waals surface area contributed by atoms with Crippen LogP contribution in [0.25, 0.3) is 11.5 Å². The van der Waals surface area contributed by atoms with Crippen LogP contribution in [0, 0.1) is 0 Å². The van der Waals surface area contributed by atoms with Crippen LogP contribution in [0.5, 0.6) is 0 Å². The molecule has 188 valence electrons. The zero-order valence-corrected chi connectivity index (χ0v) is 20.9. The van der Waals surface area contributed by atoms with Crippen LogP contribution in [-0.2, 0) is 10.2 Å². The van der Waals surface area contributed by atoms with Crippen molar-refractivity contribution >= 4 is 12.0 Å². The molecule has 36 heavy (non-hydrogen) atoms. The molecule has 2 aromatic carbocycles. The minimum atomic E-state index is -0.588. The van der Waals surface area contributed by atoms with E-state index in [1.54, 1.807) is 24.3 Å². The maximum absolute atomic E-state index is 13.4. The van der Waals surface area contributed by atoms with Crippen LogP contribution in [0.1, 0.15) is 74.1 Å². The van der Waals surface area contributed by atoms with Gasteiger partial charge >= 0.3 is 6.09 Å². The van der Waals surface area contributed by atoms with Crippen LogP contribution in [0.3, 0.4) is 0 Å². The molecule has 2 aliphatic rings. The Morgan fingerprint density at radius 1 is 1.11 bits per heavy atom. The zero-order chi connectivity index (χ0) is 25.5. The zero-order valence-electron chi connectivity index (χ0n) is 20.9. The average molecular weight is 489 g/mol. The second-order valence-electron chi connectivity index (χ2n) is 10.9. The number of carbonyl (C=O) groups excluding carboxylic acids is 2. The van der Waals surface area contributed by atoms with E-state index < -0.39 is 11.5 Å². The number of primary amides is 1. The number of benzene rings is 2. The van der Waals surface area contributed by atoms with Gasteiger partial charge in [0.05, 0.1) is 5.41 Å². The summed E-state index contributed by atoms with van der Waals surface area (Å²) in [5.74, 6) is 0.788. The van der Waals surface area contributed by atoms with Gasteiger partial charge in [-0.2, -0.15) is 4.98 Å². The summed E-state index contributed by atoms with van der Waals surface area (Å²) in [7, 11) is 0. The van der Waals surface area contributed by atoms with Gasteiger partial charge in [0.15, 0.2) is 5.82 Å². The summed E-state index contributed by atoms with van der Waals surface area (Å²) in [6, 6.07) is 17.2. The highest BCUT2D eigenvalue weighted by atomic mass is 16.6. The number of nitrogens with two attached hydrogens (primary N) is 1. The van der Waals surface area contributed by atoms with Crippen LogP contribution in [0.15, 0.2) is 59.1 Å². The van der Waals surface area contributed by atoms with Crippen molar-refractivity contribution in [1.82, 2.24) is 15.0 Å². The molecule has 2 fully saturated rings. The van der Waals surface area contributed by atoms with Crippen LogP contribution in [-0.4, -0.2) is 45.2 Å². The van der Waals surface area contributed by atoms with Gasteiger partial charge in [0, 0.05) is 29.6 Å². The molecule has 2 amide bonds. The number of nitrogens with zero attached hydrogens (tertiary/aromatic N) is 3. The molecule has 2 N–H and O–H groups in total. The molecule has 2 saturated carbocycles. The van der Waals surface area contributed by atoms with E-state index >= 15 is 0 Å². The van der Waals surface area contributed by atoms with Gasteiger partial charge in [-0.15, -0.1) is 0 Å². The predicted molar refractivity (Wildman–Crippen MR) is 134 cm³/mol. The minimum absolute atomic E-state index is 0.0763. The van der Waals surface area contributed by atoms with Crippen LogP contribution in [0.4, 0.5) is 4.79 Å². The Bertz CT molecular complexity index is 1240. The first-order valence-electron chi connectivity index (χ1n) is 12.4. The van der Waals surface area contributed by atoms with Crippen molar-refractivity contribution in [3.05, 3.63) is 71.5 Å². The quantitative estimate of drug-likeness (QED) is 0.498. The fourth-order valence-electron chi connectivity index (χ4n) is 4.94. The summed E-state index contributed by atoms with van der Waals surface area (Å²) in [5.41, 5.74) is 6.74. The van der Waals surface area contributed by atoms with Crippen molar-refractivity contribution < 1.29 is 18.8 Å². The summed E-state index contributed by atoms with van der Waals surface area (Å²) in [6.45, 7) is 6.14. The van der Waals surface area contributed by atoms with Gasteiger partial charge < -0.3 is 19.9 Å². The Labute approximate surface area is 210 Å². The molecule has 1 heterocycles. The van der Waals surface area contributed by atoms with E-state index in [4.69, 9.17) is 20.0 Å². The molecular weight excluding hydrogens is 456 g/mol. The molecule has 3 aromatic rings. The first-order valence-corrected chi connectivity index (χ1v) is 12.4. The molecule has 8 nitrogen and oxygen atoms in total. The highest BCUT2D eigenvalue weighted by Crippen LogP contribution is 2.49. The summed E-state index contributed by atoms with van der Waals surface area (Å²) in [5, 5.41) is 4.33. The minimum Gasteiger partial charge on any atom is -0.444 e. The molecule has 2 aliphatic carbocycles. The van der Waals surface area contributed by atoms with E-state index in [-0.39, 0.29) is 17.6 Å². The third-order valence-corrected chi connectivity index (χ3v) is 7.11.